The van der Waals surface area contributed by atoms with Crippen molar-refractivity contribution in [2.45, 2.75) is 90.6 Å². The van der Waals surface area contributed by atoms with Crippen LogP contribution >= 0.6 is 0 Å². The number of allylic oxidation sites excluding steroid dienone is 3. The van der Waals surface area contributed by atoms with Crippen molar-refractivity contribution in [2.75, 3.05) is 13.2 Å². The molecule has 0 aromatic heterocycles. The quantitative estimate of drug-likeness (QED) is 0.434. The molecule has 2 aliphatic heterocycles. The molecule has 2 atom stereocenters. The molecule has 0 aliphatic carbocycles. The largest absolute Gasteiger partial charge is 0.367 e. The smallest absolute Gasteiger partial charge is 0.157 e. The van der Waals surface area contributed by atoms with Gasteiger partial charge in [-0.1, -0.05) is 23.3 Å². The SMILES string of the molecule is C/C(=C/CC/C(C)=C/COC1CCCCO1)CCC1OC1(C)C. The molecule has 2 unspecified atom stereocenters. The fourth-order valence-corrected chi connectivity index (χ4v) is 2.99. The fourth-order valence-electron chi connectivity index (χ4n) is 2.99. The number of hydrogen-bond donors (Lipinski definition) is 0. The van der Waals surface area contributed by atoms with E-state index in [1.165, 1.54) is 24.0 Å². The van der Waals surface area contributed by atoms with Crippen LogP contribution < -0.4 is 0 Å². The van der Waals surface area contributed by atoms with Crippen molar-refractivity contribution in [1.29, 1.82) is 0 Å². The van der Waals surface area contributed by atoms with Gasteiger partial charge in [0.25, 0.3) is 0 Å². The molecule has 2 rings (SSSR count). The summed E-state index contributed by atoms with van der Waals surface area (Å²) in [5, 5.41) is 0. The maximum Gasteiger partial charge on any atom is 0.157 e. The van der Waals surface area contributed by atoms with Crippen LogP contribution in [0.2, 0.25) is 0 Å². The molecule has 0 amide bonds. The Labute approximate surface area is 142 Å². The van der Waals surface area contributed by atoms with E-state index in [-0.39, 0.29) is 11.9 Å². The minimum Gasteiger partial charge on any atom is -0.367 e. The molecule has 2 fully saturated rings. The topological polar surface area (TPSA) is 31.0 Å². The first-order chi connectivity index (χ1) is 11.0. The van der Waals surface area contributed by atoms with E-state index in [1.807, 2.05) is 0 Å². The molecule has 23 heavy (non-hydrogen) atoms. The Kier molecular flexibility index (Phi) is 7.32. The third-order valence-electron chi connectivity index (χ3n) is 4.85. The Balaban J connectivity index is 1.54. The lowest BCUT2D eigenvalue weighted by atomic mass is 10.0. The first kappa shape index (κ1) is 18.7. The van der Waals surface area contributed by atoms with E-state index in [0.29, 0.717) is 12.7 Å². The Morgan fingerprint density at radius 1 is 1.13 bits per heavy atom. The van der Waals surface area contributed by atoms with Crippen LogP contribution in [0.25, 0.3) is 0 Å². The summed E-state index contributed by atoms with van der Waals surface area (Å²) in [5.74, 6) is 0. The Hall–Kier alpha value is -0.640. The first-order valence-corrected chi connectivity index (χ1v) is 9.19. The van der Waals surface area contributed by atoms with Crippen LogP contribution in [0, 0.1) is 0 Å². The van der Waals surface area contributed by atoms with E-state index >= 15 is 0 Å². The lowest BCUT2D eigenvalue weighted by Gasteiger charge is -2.22. The zero-order chi connectivity index (χ0) is 16.7. The van der Waals surface area contributed by atoms with Gasteiger partial charge in [-0.2, -0.15) is 0 Å². The van der Waals surface area contributed by atoms with Crippen LogP contribution in [0.1, 0.15) is 72.6 Å². The molecule has 0 bridgehead atoms. The highest BCUT2D eigenvalue weighted by atomic mass is 16.7. The van der Waals surface area contributed by atoms with Gasteiger partial charge in [0.2, 0.25) is 0 Å². The molecule has 0 spiro atoms. The van der Waals surface area contributed by atoms with Gasteiger partial charge in [0.1, 0.15) is 0 Å². The summed E-state index contributed by atoms with van der Waals surface area (Å²) in [5.41, 5.74) is 3.01. The Morgan fingerprint density at radius 3 is 2.52 bits per heavy atom. The van der Waals surface area contributed by atoms with Gasteiger partial charge in [-0.3, -0.25) is 0 Å². The van der Waals surface area contributed by atoms with Gasteiger partial charge in [0.05, 0.1) is 18.3 Å². The van der Waals surface area contributed by atoms with Crippen LogP contribution in [0.5, 0.6) is 0 Å². The normalized spacial score (nSPS) is 28.0. The number of hydrogen-bond acceptors (Lipinski definition) is 3. The van der Waals surface area contributed by atoms with Gasteiger partial charge in [-0.05, 0) is 72.6 Å². The predicted molar refractivity (Wildman–Crippen MR) is 94.5 cm³/mol. The molecule has 0 aromatic carbocycles. The van der Waals surface area contributed by atoms with Crippen LogP contribution in [-0.2, 0) is 14.2 Å². The molecule has 2 heterocycles. The molecule has 0 radical (unpaired) electrons. The third-order valence-corrected chi connectivity index (χ3v) is 4.85. The maximum absolute atomic E-state index is 5.74. The summed E-state index contributed by atoms with van der Waals surface area (Å²) in [6, 6.07) is 0. The molecule has 0 aromatic rings. The van der Waals surface area contributed by atoms with Gasteiger partial charge >= 0.3 is 0 Å². The summed E-state index contributed by atoms with van der Waals surface area (Å²) in [6.07, 6.45) is 13.0. The number of epoxide rings is 1. The van der Waals surface area contributed by atoms with Crippen LogP contribution in [0.3, 0.4) is 0 Å². The molecule has 2 saturated heterocycles. The standard InChI is InChI=1S/C20H34O3/c1-16(11-12-18-20(3,4)23-18)8-7-9-17(2)13-15-22-19-10-5-6-14-21-19/h8,13,18-19H,5-7,9-12,14-15H2,1-4H3/b16-8-,17-13+. The molecule has 0 saturated carbocycles. The predicted octanol–water partition coefficient (Wildman–Crippen LogP) is 5.16. The van der Waals surface area contributed by atoms with Crippen molar-refractivity contribution in [3.8, 4) is 0 Å². The average molecular weight is 322 g/mol. The van der Waals surface area contributed by atoms with Gasteiger partial charge in [0, 0.05) is 6.61 Å². The van der Waals surface area contributed by atoms with Gasteiger partial charge < -0.3 is 14.2 Å². The molecule has 2 aliphatic rings. The second-order valence-electron chi connectivity index (χ2n) is 7.52. The monoisotopic (exact) mass is 322 g/mol. The van der Waals surface area contributed by atoms with Crippen LogP contribution in [-0.4, -0.2) is 31.2 Å². The molecule has 132 valence electrons. The number of rotatable bonds is 9. The van der Waals surface area contributed by atoms with E-state index < -0.39 is 0 Å². The lowest BCUT2D eigenvalue weighted by Crippen LogP contribution is -2.22. The van der Waals surface area contributed by atoms with Gasteiger partial charge in [-0.15, -0.1) is 0 Å². The van der Waals surface area contributed by atoms with Crippen LogP contribution in [0.4, 0.5) is 0 Å². The highest BCUT2D eigenvalue weighted by Crippen LogP contribution is 2.38. The molecular formula is C20H34O3. The van der Waals surface area contributed by atoms with E-state index in [0.717, 1.165) is 38.7 Å². The highest BCUT2D eigenvalue weighted by Gasteiger charge is 2.46. The van der Waals surface area contributed by atoms with E-state index in [4.69, 9.17) is 14.2 Å². The van der Waals surface area contributed by atoms with Gasteiger partial charge in [0.15, 0.2) is 6.29 Å². The van der Waals surface area contributed by atoms with Crippen molar-refractivity contribution in [3.63, 3.8) is 0 Å². The van der Waals surface area contributed by atoms with E-state index in [1.54, 1.807) is 0 Å². The first-order valence-electron chi connectivity index (χ1n) is 9.19. The average Bonchev–Trinajstić information content (AvgIpc) is 3.13. The van der Waals surface area contributed by atoms with E-state index in [9.17, 15) is 0 Å². The van der Waals surface area contributed by atoms with Crippen molar-refractivity contribution in [1.82, 2.24) is 0 Å². The summed E-state index contributed by atoms with van der Waals surface area (Å²) in [6.45, 7) is 10.3. The van der Waals surface area contributed by atoms with E-state index in [2.05, 4.69) is 39.8 Å². The lowest BCUT2D eigenvalue weighted by molar-refractivity contribution is -0.155. The van der Waals surface area contributed by atoms with Crippen molar-refractivity contribution >= 4 is 0 Å². The Morgan fingerprint density at radius 2 is 1.87 bits per heavy atom. The summed E-state index contributed by atoms with van der Waals surface area (Å²) in [4.78, 5) is 0. The summed E-state index contributed by atoms with van der Waals surface area (Å²) < 4.78 is 16.9. The number of ether oxygens (including phenoxy) is 3. The molecular weight excluding hydrogens is 288 g/mol. The highest BCUT2D eigenvalue weighted by molar-refractivity contribution is 5.05. The zero-order valence-electron chi connectivity index (χ0n) is 15.4. The zero-order valence-corrected chi connectivity index (χ0v) is 15.4. The molecule has 3 heteroatoms. The maximum atomic E-state index is 5.74. The fraction of sp³-hybridized carbons (Fsp3) is 0.800. The Bertz CT molecular complexity index is 417. The van der Waals surface area contributed by atoms with Crippen molar-refractivity contribution in [3.05, 3.63) is 23.3 Å². The second-order valence-corrected chi connectivity index (χ2v) is 7.52. The molecule has 0 N–H and O–H groups in total. The minimum atomic E-state index is 0.0174. The van der Waals surface area contributed by atoms with Crippen LogP contribution in [0.15, 0.2) is 23.3 Å². The molecule has 3 nitrogen and oxygen atoms in total. The van der Waals surface area contributed by atoms with Gasteiger partial charge in [-0.25, -0.2) is 0 Å². The van der Waals surface area contributed by atoms with Crippen molar-refractivity contribution < 1.29 is 14.2 Å². The second kappa shape index (κ2) is 9.00. The van der Waals surface area contributed by atoms with Crippen molar-refractivity contribution in [2.24, 2.45) is 0 Å². The minimum absolute atomic E-state index is 0.0174. The summed E-state index contributed by atoms with van der Waals surface area (Å²) in [7, 11) is 0. The summed E-state index contributed by atoms with van der Waals surface area (Å²) >= 11 is 0. The third kappa shape index (κ3) is 7.19.